The molecule has 0 aliphatic heterocycles. The lowest BCUT2D eigenvalue weighted by Gasteiger charge is -2.35. The summed E-state index contributed by atoms with van der Waals surface area (Å²) in [6.07, 6.45) is 5.79. The Morgan fingerprint density at radius 2 is 2.00 bits per heavy atom. The molecule has 3 aromatic rings. The molecule has 4 N–H and O–H groups in total. The zero-order valence-electron chi connectivity index (χ0n) is 21.0. The van der Waals surface area contributed by atoms with Crippen molar-refractivity contribution >= 4 is 22.8 Å². The summed E-state index contributed by atoms with van der Waals surface area (Å²) in [7, 11) is 0. The van der Waals surface area contributed by atoms with Crippen LogP contribution >= 0.6 is 0 Å². The van der Waals surface area contributed by atoms with Gasteiger partial charge in [0, 0.05) is 23.3 Å². The molecule has 196 valence electrons. The quantitative estimate of drug-likeness (QED) is 0.369. The van der Waals surface area contributed by atoms with E-state index in [0.29, 0.717) is 71.1 Å². The van der Waals surface area contributed by atoms with E-state index in [2.05, 4.69) is 25.6 Å². The second-order valence-electron chi connectivity index (χ2n) is 10.3. The van der Waals surface area contributed by atoms with Gasteiger partial charge in [0.05, 0.1) is 17.7 Å². The lowest BCUT2D eigenvalue weighted by Crippen LogP contribution is -2.48. The molecule has 0 bridgehead atoms. The Morgan fingerprint density at radius 3 is 2.73 bits per heavy atom. The number of aromatic nitrogens is 3. The van der Waals surface area contributed by atoms with Gasteiger partial charge < -0.3 is 25.5 Å². The number of hydrogen-bond acceptors (Lipinski definition) is 6. The molecule has 1 aromatic carbocycles. The maximum Gasteiger partial charge on any atom is 0.255 e. The molecule has 2 heterocycles. The fraction of sp³-hybridized carbons (Fsp3) is 0.481. The van der Waals surface area contributed by atoms with Crippen LogP contribution in [-0.4, -0.2) is 57.2 Å². The molecule has 5 rings (SSSR count). The Hall–Kier alpha value is -3.53. The van der Waals surface area contributed by atoms with E-state index in [1.807, 2.05) is 6.92 Å². The Morgan fingerprint density at radius 1 is 1.19 bits per heavy atom. The minimum Gasteiger partial charge on any atom is -0.493 e. The van der Waals surface area contributed by atoms with Gasteiger partial charge >= 0.3 is 0 Å². The number of aliphatic hydroxyl groups is 1. The monoisotopic (exact) mass is 509 g/mol. The average molecular weight is 510 g/mol. The summed E-state index contributed by atoms with van der Waals surface area (Å²) in [6.45, 7) is 3.89. The summed E-state index contributed by atoms with van der Waals surface area (Å²) < 4.78 is 20.3. The van der Waals surface area contributed by atoms with Crippen molar-refractivity contribution in [3.63, 3.8) is 0 Å². The summed E-state index contributed by atoms with van der Waals surface area (Å²) >= 11 is 0. The van der Waals surface area contributed by atoms with Crippen LogP contribution < -0.4 is 15.4 Å². The number of carbonyl (C=O) groups excluding carboxylic acids is 2. The van der Waals surface area contributed by atoms with Crippen molar-refractivity contribution in [2.24, 2.45) is 11.8 Å². The van der Waals surface area contributed by atoms with Crippen molar-refractivity contribution in [1.82, 2.24) is 25.6 Å². The number of amides is 2. The number of fused-ring (bicyclic) bond motifs is 1. The SMILES string of the molecule is Cc1[nH]c2c(-c3cc(F)ccc3OCC3CC3)ncnc2c1C(=O)N[C@@H]1CC[C@H](NC(=O)CO)C[C@H]1C. The number of aliphatic hydroxyl groups excluding tert-OH is 1. The van der Waals surface area contributed by atoms with Crippen LogP contribution in [0.3, 0.4) is 0 Å². The van der Waals surface area contributed by atoms with E-state index in [0.717, 1.165) is 12.8 Å². The van der Waals surface area contributed by atoms with E-state index in [4.69, 9.17) is 9.84 Å². The fourth-order valence-corrected chi connectivity index (χ4v) is 5.16. The van der Waals surface area contributed by atoms with E-state index in [-0.39, 0.29) is 29.8 Å². The van der Waals surface area contributed by atoms with Gasteiger partial charge in [-0.1, -0.05) is 6.92 Å². The molecule has 37 heavy (non-hydrogen) atoms. The topological polar surface area (TPSA) is 129 Å². The van der Waals surface area contributed by atoms with Crippen molar-refractivity contribution in [3.05, 3.63) is 41.6 Å². The van der Waals surface area contributed by atoms with Crippen molar-refractivity contribution in [2.75, 3.05) is 13.2 Å². The normalized spacial score (nSPS) is 21.6. The van der Waals surface area contributed by atoms with Crippen LogP contribution in [0.15, 0.2) is 24.5 Å². The molecule has 2 saturated carbocycles. The second-order valence-corrected chi connectivity index (χ2v) is 10.3. The Labute approximate surface area is 214 Å². The highest BCUT2D eigenvalue weighted by molar-refractivity contribution is 6.09. The van der Waals surface area contributed by atoms with Crippen molar-refractivity contribution in [3.8, 4) is 17.0 Å². The van der Waals surface area contributed by atoms with Gasteiger partial charge in [0.2, 0.25) is 5.91 Å². The van der Waals surface area contributed by atoms with Gasteiger partial charge in [0.15, 0.2) is 0 Å². The molecule has 0 radical (unpaired) electrons. The molecule has 9 nitrogen and oxygen atoms in total. The standard InChI is InChI=1S/C27H32FN5O4/c1-14-9-18(32-22(35)11-34)6-7-20(14)33-27(36)23-15(2)31-26-24(29-13-30-25(23)26)19-10-17(28)5-8-21(19)37-12-16-3-4-16/h5,8,10,13-14,16,18,20,31,34H,3-4,6-7,9,11-12H2,1-2H3,(H,32,35)(H,33,36)/t14-,18+,20-/m1/s1. The molecular formula is C27H32FN5O4. The highest BCUT2D eigenvalue weighted by Gasteiger charge is 2.31. The van der Waals surface area contributed by atoms with Gasteiger partial charge in [-0.2, -0.15) is 0 Å². The maximum absolute atomic E-state index is 14.3. The number of nitrogens with one attached hydrogen (secondary N) is 3. The lowest BCUT2D eigenvalue weighted by atomic mass is 9.82. The molecule has 0 unspecified atom stereocenters. The summed E-state index contributed by atoms with van der Waals surface area (Å²) in [5.41, 5.74) is 3.08. The van der Waals surface area contributed by atoms with Crippen molar-refractivity contribution in [2.45, 2.75) is 58.0 Å². The number of H-pyrrole nitrogens is 1. The summed E-state index contributed by atoms with van der Waals surface area (Å²) in [4.78, 5) is 37.0. The van der Waals surface area contributed by atoms with Gasteiger partial charge in [-0.05, 0) is 69.1 Å². The third-order valence-corrected chi connectivity index (χ3v) is 7.36. The fourth-order valence-electron chi connectivity index (χ4n) is 5.16. The minimum absolute atomic E-state index is 0.0180. The zero-order chi connectivity index (χ0) is 26.1. The number of carbonyl (C=O) groups is 2. The highest BCUT2D eigenvalue weighted by Crippen LogP contribution is 2.37. The summed E-state index contributed by atoms with van der Waals surface area (Å²) in [5, 5.41) is 15.0. The van der Waals surface area contributed by atoms with Gasteiger partial charge in [-0.15, -0.1) is 0 Å². The largest absolute Gasteiger partial charge is 0.493 e. The first-order valence-corrected chi connectivity index (χ1v) is 12.8. The molecule has 2 fully saturated rings. The van der Waals surface area contributed by atoms with Crippen LogP contribution in [0, 0.1) is 24.6 Å². The van der Waals surface area contributed by atoms with E-state index in [1.54, 1.807) is 13.0 Å². The number of aryl methyl sites for hydroxylation is 1. The van der Waals surface area contributed by atoms with Gasteiger partial charge in [0.25, 0.3) is 5.91 Å². The summed E-state index contributed by atoms with van der Waals surface area (Å²) in [5.74, 6) is 0.189. The predicted molar refractivity (Wildman–Crippen MR) is 136 cm³/mol. The van der Waals surface area contributed by atoms with Crippen molar-refractivity contribution < 1.29 is 23.8 Å². The third-order valence-electron chi connectivity index (χ3n) is 7.36. The highest BCUT2D eigenvalue weighted by atomic mass is 19.1. The molecular weight excluding hydrogens is 477 g/mol. The van der Waals surface area contributed by atoms with Gasteiger partial charge in [-0.3, -0.25) is 9.59 Å². The van der Waals surface area contributed by atoms with E-state index >= 15 is 0 Å². The molecule has 0 spiro atoms. The molecule has 0 saturated heterocycles. The van der Waals surface area contributed by atoms with E-state index < -0.39 is 12.4 Å². The number of nitrogens with zero attached hydrogens (tertiary/aromatic N) is 2. The smallest absolute Gasteiger partial charge is 0.255 e. The minimum atomic E-state index is -0.529. The van der Waals surface area contributed by atoms with E-state index in [1.165, 1.54) is 18.5 Å². The second kappa shape index (κ2) is 10.5. The zero-order valence-corrected chi connectivity index (χ0v) is 21.0. The number of benzene rings is 1. The first-order valence-electron chi connectivity index (χ1n) is 12.8. The van der Waals surface area contributed by atoms with Crippen LogP contribution in [-0.2, 0) is 4.79 Å². The van der Waals surface area contributed by atoms with Crippen LogP contribution in [0.5, 0.6) is 5.75 Å². The van der Waals surface area contributed by atoms with Gasteiger partial charge in [0.1, 0.15) is 35.7 Å². The maximum atomic E-state index is 14.3. The Bertz CT molecular complexity index is 1320. The number of hydrogen-bond donors (Lipinski definition) is 4. The van der Waals surface area contributed by atoms with E-state index in [9.17, 15) is 14.0 Å². The number of halogens is 1. The lowest BCUT2D eigenvalue weighted by molar-refractivity contribution is -0.124. The predicted octanol–water partition coefficient (Wildman–Crippen LogP) is 3.26. The number of aromatic amines is 1. The molecule has 2 aliphatic carbocycles. The number of rotatable bonds is 8. The summed E-state index contributed by atoms with van der Waals surface area (Å²) in [6, 6.07) is 4.30. The molecule has 3 atom stereocenters. The average Bonchev–Trinajstić information content (AvgIpc) is 3.64. The first kappa shape index (κ1) is 25.1. The molecule has 2 aromatic heterocycles. The molecule has 10 heteroatoms. The van der Waals surface area contributed by atoms with Crippen molar-refractivity contribution in [1.29, 1.82) is 0 Å². The Balaban J connectivity index is 1.39. The van der Waals surface area contributed by atoms with Crippen LogP contribution in [0.25, 0.3) is 22.3 Å². The van der Waals surface area contributed by atoms with Gasteiger partial charge in [-0.25, -0.2) is 14.4 Å². The molecule has 2 amide bonds. The van der Waals surface area contributed by atoms with Crippen LogP contribution in [0.4, 0.5) is 4.39 Å². The first-order chi connectivity index (χ1) is 17.8. The van der Waals surface area contributed by atoms with Crippen LogP contribution in [0.2, 0.25) is 0 Å². The molecule has 2 aliphatic rings. The third kappa shape index (κ3) is 5.44. The van der Waals surface area contributed by atoms with Crippen LogP contribution in [0.1, 0.15) is 55.1 Å². The Kier molecular flexibility index (Phi) is 7.10. The number of ether oxygens (including phenoxy) is 1.